The van der Waals surface area contributed by atoms with E-state index >= 15 is 0 Å². The number of benzene rings is 2. The fraction of sp³-hybridized carbons (Fsp3) is 0.158. The lowest BCUT2D eigenvalue weighted by Crippen LogP contribution is -2.33. The summed E-state index contributed by atoms with van der Waals surface area (Å²) < 4.78 is 1.85. The first-order valence-corrected chi connectivity index (χ1v) is 9.09. The molecule has 0 bridgehead atoms. The van der Waals surface area contributed by atoms with Crippen LogP contribution >= 0.6 is 11.8 Å². The lowest BCUT2D eigenvalue weighted by Gasteiger charge is -2.21. The fourth-order valence-corrected chi connectivity index (χ4v) is 3.27. The number of para-hydroxylation sites is 2. The van der Waals surface area contributed by atoms with E-state index in [1.54, 1.807) is 11.2 Å². The van der Waals surface area contributed by atoms with Gasteiger partial charge in [-0.2, -0.15) is 5.26 Å². The summed E-state index contributed by atoms with van der Waals surface area (Å²) in [6, 6.07) is 21.2. The minimum Gasteiger partial charge on any atom is -0.311 e. The smallest absolute Gasteiger partial charge is 0.237 e. The third-order valence-corrected chi connectivity index (χ3v) is 4.62. The van der Waals surface area contributed by atoms with E-state index in [1.165, 1.54) is 11.8 Å². The molecule has 3 aromatic rings. The normalized spacial score (nSPS) is 10.3. The standard InChI is InChI=1S/C19H17N5OS/c20-12-7-13-23(16-8-3-1-4-9-16)18(25)14-26-19-22-21-15-24(19)17-10-5-2-6-11-17/h1-6,8-11,15H,7,13-14H2. The predicted octanol–water partition coefficient (Wildman–Crippen LogP) is 3.31. The van der Waals surface area contributed by atoms with Gasteiger partial charge in [0.1, 0.15) is 6.33 Å². The fourth-order valence-electron chi connectivity index (χ4n) is 2.46. The van der Waals surface area contributed by atoms with Crippen molar-refractivity contribution in [2.24, 2.45) is 0 Å². The Balaban J connectivity index is 1.71. The van der Waals surface area contributed by atoms with Crippen LogP contribution in [0.3, 0.4) is 0 Å². The number of thioether (sulfide) groups is 1. The van der Waals surface area contributed by atoms with Crippen molar-refractivity contribution in [1.82, 2.24) is 14.8 Å². The van der Waals surface area contributed by atoms with Gasteiger partial charge in [-0.3, -0.25) is 9.36 Å². The minimum absolute atomic E-state index is 0.0703. The van der Waals surface area contributed by atoms with Crippen LogP contribution in [0.5, 0.6) is 0 Å². The molecule has 0 saturated carbocycles. The Bertz CT molecular complexity index is 889. The summed E-state index contributed by atoms with van der Waals surface area (Å²) in [7, 11) is 0. The summed E-state index contributed by atoms with van der Waals surface area (Å²) in [6.07, 6.45) is 1.91. The van der Waals surface area contributed by atoms with E-state index in [4.69, 9.17) is 5.26 Å². The molecule has 26 heavy (non-hydrogen) atoms. The van der Waals surface area contributed by atoms with Crippen molar-refractivity contribution in [2.75, 3.05) is 17.2 Å². The van der Waals surface area contributed by atoms with Crippen LogP contribution in [-0.2, 0) is 4.79 Å². The molecule has 1 heterocycles. The molecule has 130 valence electrons. The summed E-state index contributed by atoms with van der Waals surface area (Å²) in [5, 5.41) is 17.6. The Kier molecular flexibility index (Phi) is 6.01. The molecule has 3 rings (SSSR count). The highest BCUT2D eigenvalue weighted by atomic mass is 32.2. The Labute approximate surface area is 156 Å². The van der Waals surface area contributed by atoms with Crippen LogP contribution in [0.25, 0.3) is 5.69 Å². The maximum atomic E-state index is 12.7. The van der Waals surface area contributed by atoms with Crippen LogP contribution in [0.2, 0.25) is 0 Å². The highest BCUT2D eigenvalue weighted by Gasteiger charge is 2.17. The first kappa shape index (κ1) is 17.7. The SMILES string of the molecule is N#CCCN(C(=O)CSc1nncn1-c1ccccc1)c1ccccc1. The summed E-state index contributed by atoms with van der Waals surface area (Å²) in [4.78, 5) is 14.4. The summed E-state index contributed by atoms with van der Waals surface area (Å²) in [5.74, 6) is 0.144. The van der Waals surface area contributed by atoms with Crippen LogP contribution < -0.4 is 4.90 Å². The van der Waals surface area contributed by atoms with Gasteiger partial charge in [-0.15, -0.1) is 10.2 Å². The number of carbonyl (C=O) groups is 1. The van der Waals surface area contributed by atoms with E-state index in [9.17, 15) is 4.79 Å². The molecule has 0 radical (unpaired) electrons. The molecule has 0 spiro atoms. The monoisotopic (exact) mass is 363 g/mol. The highest BCUT2D eigenvalue weighted by Crippen LogP contribution is 2.21. The van der Waals surface area contributed by atoms with Gasteiger partial charge < -0.3 is 4.90 Å². The van der Waals surface area contributed by atoms with Crippen molar-refractivity contribution >= 4 is 23.4 Å². The molecule has 0 unspecified atom stereocenters. The van der Waals surface area contributed by atoms with Crippen molar-refractivity contribution in [3.05, 3.63) is 67.0 Å². The van der Waals surface area contributed by atoms with Crippen molar-refractivity contribution in [3.8, 4) is 11.8 Å². The van der Waals surface area contributed by atoms with Gasteiger partial charge in [-0.25, -0.2) is 0 Å². The molecule has 7 heteroatoms. The third-order valence-electron chi connectivity index (χ3n) is 3.69. The lowest BCUT2D eigenvalue weighted by molar-refractivity contribution is -0.116. The quantitative estimate of drug-likeness (QED) is 0.602. The zero-order valence-corrected chi connectivity index (χ0v) is 14.8. The zero-order chi connectivity index (χ0) is 18.2. The molecule has 1 amide bonds. The van der Waals surface area contributed by atoms with Gasteiger partial charge in [-0.1, -0.05) is 48.2 Å². The van der Waals surface area contributed by atoms with Crippen LogP contribution in [0, 0.1) is 11.3 Å². The number of rotatable bonds is 7. The zero-order valence-electron chi connectivity index (χ0n) is 14.0. The van der Waals surface area contributed by atoms with E-state index in [2.05, 4.69) is 16.3 Å². The molecule has 0 N–H and O–H groups in total. The molecule has 1 aromatic heterocycles. The van der Waals surface area contributed by atoms with Gasteiger partial charge in [0.25, 0.3) is 0 Å². The lowest BCUT2D eigenvalue weighted by atomic mass is 10.2. The number of nitriles is 1. The average molecular weight is 363 g/mol. The largest absolute Gasteiger partial charge is 0.311 e. The molecular formula is C19H17N5OS. The van der Waals surface area contributed by atoms with Gasteiger partial charge in [0.05, 0.1) is 18.2 Å². The molecule has 0 fully saturated rings. The summed E-state index contributed by atoms with van der Waals surface area (Å²) >= 11 is 1.33. The Morgan fingerprint density at radius 3 is 2.50 bits per heavy atom. The molecule has 0 aliphatic carbocycles. The number of carbonyl (C=O) groups excluding carboxylic acids is 1. The van der Waals surface area contributed by atoms with E-state index in [0.29, 0.717) is 11.7 Å². The number of aromatic nitrogens is 3. The highest BCUT2D eigenvalue weighted by molar-refractivity contribution is 7.99. The molecule has 0 aliphatic rings. The summed E-state index contributed by atoms with van der Waals surface area (Å²) in [6.45, 7) is 0.366. The molecule has 2 aromatic carbocycles. The van der Waals surface area contributed by atoms with E-state index in [0.717, 1.165) is 11.4 Å². The van der Waals surface area contributed by atoms with Gasteiger partial charge in [0.2, 0.25) is 5.91 Å². The number of nitrogens with zero attached hydrogens (tertiary/aromatic N) is 5. The first-order chi connectivity index (χ1) is 12.8. The molecule has 0 atom stereocenters. The van der Waals surface area contributed by atoms with E-state index in [1.807, 2.05) is 65.2 Å². The van der Waals surface area contributed by atoms with Crippen LogP contribution in [0.4, 0.5) is 5.69 Å². The average Bonchev–Trinajstić information content (AvgIpc) is 3.17. The van der Waals surface area contributed by atoms with E-state index in [-0.39, 0.29) is 18.1 Å². The Morgan fingerprint density at radius 1 is 1.12 bits per heavy atom. The second kappa shape index (κ2) is 8.83. The molecule has 0 aliphatic heterocycles. The summed E-state index contributed by atoms with van der Waals surface area (Å²) in [5.41, 5.74) is 1.73. The second-order valence-corrected chi connectivity index (χ2v) is 6.34. The van der Waals surface area contributed by atoms with Crippen LogP contribution in [0.15, 0.2) is 72.1 Å². The predicted molar refractivity (Wildman–Crippen MR) is 101 cm³/mol. The van der Waals surface area contributed by atoms with Gasteiger partial charge in [0, 0.05) is 17.9 Å². The number of amides is 1. The Morgan fingerprint density at radius 2 is 1.81 bits per heavy atom. The number of hydrogen-bond donors (Lipinski definition) is 0. The van der Waals surface area contributed by atoms with Crippen molar-refractivity contribution in [1.29, 1.82) is 5.26 Å². The maximum absolute atomic E-state index is 12.7. The second-order valence-electron chi connectivity index (χ2n) is 5.40. The topological polar surface area (TPSA) is 74.8 Å². The number of hydrogen-bond acceptors (Lipinski definition) is 5. The van der Waals surface area contributed by atoms with Crippen molar-refractivity contribution < 1.29 is 4.79 Å². The third kappa shape index (κ3) is 4.29. The van der Waals surface area contributed by atoms with Crippen LogP contribution in [-0.4, -0.2) is 33.0 Å². The van der Waals surface area contributed by atoms with Crippen molar-refractivity contribution in [3.63, 3.8) is 0 Å². The van der Waals surface area contributed by atoms with Gasteiger partial charge >= 0.3 is 0 Å². The van der Waals surface area contributed by atoms with E-state index < -0.39 is 0 Å². The minimum atomic E-state index is -0.0703. The molecular weight excluding hydrogens is 346 g/mol. The molecule has 0 saturated heterocycles. The number of anilines is 1. The first-order valence-electron chi connectivity index (χ1n) is 8.10. The van der Waals surface area contributed by atoms with Crippen LogP contribution in [0.1, 0.15) is 6.42 Å². The Hall–Kier alpha value is -3.11. The van der Waals surface area contributed by atoms with Gasteiger partial charge in [-0.05, 0) is 24.3 Å². The van der Waals surface area contributed by atoms with Gasteiger partial charge in [0.15, 0.2) is 5.16 Å². The maximum Gasteiger partial charge on any atom is 0.237 e. The van der Waals surface area contributed by atoms with Crippen molar-refractivity contribution in [2.45, 2.75) is 11.6 Å². The molecule has 6 nitrogen and oxygen atoms in total.